The van der Waals surface area contributed by atoms with Gasteiger partial charge in [0.15, 0.2) is 0 Å². The summed E-state index contributed by atoms with van der Waals surface area (Å²) in [6.45, 7) is 4.22. The third-order valence-electron chi connectivity index (χ3n) is 1.35. The summed E-state index contributed by atoms with van der Waals surface area (Å²) in [5, 5.41) is 0. The van der Waals surface area contributed by atoms with E-state index < -0.39 is 0 Å². The molecule has 53 valence electrons. The molecule has 1 radical (unpaired) electrons. The lowest BCUT2D eigenvalue weighted by molar-refractivity contribution is 0.802. The van der Waals surface area contributed by atoms with Crippen LogP contribution in [0.5, 0.6) is 0 Å². The fourth-order valence-electron chi connectivity index (χ4n) is 0.763. The zero-order valence-electron chi connectivity index (χ0n) is 6.19. The molecule has 0 amide bonds. The maximum Gasteiger partial charge on any atom is 0.0455 e. The number of alkyl halides is 1. The van der Waals surface area contributed by atoms with Crippen LogP contribution in [0.25, 0.3) is 0 Å². The van der Waals surface area contributed by atoms with Crippen LogP contribution in [0.1, 0.15) is 19.4 Å². The molecule has 0 nitrogen and oxygen atoms in total. The summed E-state index contributed by atoms with van der Waals surface area (Å²) in [6.07, 6.45) is 0. The van der Waals surface area contributed by atoms with Crippen LogP contribution >= 0.6 is 15.9 Å². The van der Waals surface area contributed by atoms with Crippen molar-refractivity contribution in [1.82, 2.24) is 0 Å². The van der Waals surface area contributed by atoms with E-state index in [1.807, 2.05) is 18.2 Å². The van der Waals surface area contributed by atoms with Crippen LogP contribution in [0.3, 0.4) is 0 Å². The van der Waals surface area contributed by atoms with Gasteiger partial charge in [-0.3, -0.25) is 0 Å². The fraction of sp³-hybridized carbons (Fsp3) is 0.333. The molecule has 0 spiro atoms. The summed E-state index contributed by atoms with van der Waals surface area (Å²) < 4.78 is 0.0499. The van der Waals surface area contributed by atoms with Crippen molar-refractivity contribution in [2.24, 2.45) is 0 Å². The van der Waals surface area contributed by atoms with Crippen molar-refractivity contribution in [2.45, 2.75) is 18.2 Å². The quantitative estimate of drug-likeness (QED) is 0.608. The van der Waals surface area contributed by atoms with E-state index >= 15 is 0 Å². The Balaban J connectivity index is 2.97. The Morgan fingerprint density at radius 1 is 1.40 bits per heavy atom. The largest absolute Gasteiger partial charge is 0.0807 e. The summed E-state index contributed by atoms with van der Waals surface area (Å²) in [7, 11) is 0. The Bertz CT molecular complexity index is 196. The minimum atomic E-state index is 0.0499. The smallest absolute Gasteiger partial charge is 0.0455 e. The first-order chi connectivity index (χ1) is 4.61. The third-order valence-corrected chi connectivity index (χ3v) is 1.78. The Labute approximate surface area is 70.4 Å². The standard InChI is InChI=1S/C9H10Br/c1-9(2,10)8-6-4-3-5-7-8/h3-6H,1-2H3. The molecule has 0 atom stereocenters. The van der Waals surface area contributed by atoms with Crippen molar-refractivity contribution in [3.63, 3.8) is 0 Å². The van der Waals surface area contributed by atoms with Crippen LogP contribution in [0.15, 0.2) is 24.3 Å². The molecule has 0 saturated heterocycles. The first-order valence-electron chi connectivity index (χ1n) is 3.27. The molecule has 0 fully saturated rings. The van der Waals surface area contributed by atoms with Gasteiger partial charge in [0.05, 0.1) is 0 Å². The number of halogens is 1. The SMILES string of the molecule is CC(C)(Br)c1[c]cccc1. The molecule has 1 aromatic rings. The Morgan fingerprint density at radius 2 is 2.10 bits per heavy atom. The topological polar surface area (TPSA) is 0 Å². The molecule has 0 aliphatic heterocycles. The predicted octanol–water partition coefficient (Wildman–Crippen LogP) is 3.12. The van der Waals surface area contributed by atoms with Crippen molar-refractivity contribution < 1.29 is 0 Å². The average molecular weight is 198 g/mol. The van der Waals surface area contributed by atoms with Crippen LogP contribution in [-0.4, -0.2) is 0 Å². The molecule has 0 aromatic heterocycles. The molecule has 0 aliphatic carbocycles. The maximum absolute atomic E-state index is 3.56. The van der Waals surface area contributed by atoms with E-state index in [0.29, 0.717) is 0 Å². The Hall–Kier alpha value is -0.300. The van der Waals surface area contributed by atoms with Gasteiger partial charge in [0.1, 0.15) is 0 Å². The van der Waals surface area contributed by atoms with Crippen LogP contribution in [0.4, 0.5) is 0 Å². The summed E-state index contributed by atoms with van der Waals surface area (Å²) in [4.78, 5) is 0. The highest BCUT2D eigenvalue weighted by atomic mass is 79.9. The molecule has 0 bridgehead atoms. The van der Waals surface area contributed by atoms with Gasteiger partial charge in [-0.15, -0.1) is 0 Å². The zero-order chi connectivity index (χ0) is 7.61. The summed E-state index contributed by atoms with van der Waals surface area (Å²) in [6, 6.07) is 11.2. The Kier molecular flexibility index (Phi) is 2.14. The summed E-state index contributed by atoms with van der Waals surface area (Å²) in [5.74, 6) is 0. The second-order valence-electron chi connectivity index (χ2n) is 2.75. The molecule has 0 N–H and O–H groups in total. The molecule has 0 aliphatic rings. The summed E-state index contributed by atoms with van der Waals surface area (Å²) >= 11 is 3.56. The van der Waals surface area contributed by atoms with Crippen molar-refractivity contribution in [2.75, 3.05) is 0 Å². The molecule has 10 heavy (non-hydrogen) atoms. The van der Waals surface area contributed by atoms with Crippen LogP contribution in [0.2, 0.25) is 0 Å². The zero-order valence-corrected chi connectivity index (χ0v) is 7.77. The summed E-state index contributed by atoms with van der Waals surface area (Å²) in [5.41, 5.74) is 1.19. The number of hydrogen-bond donors (Lipinski definition) is 0. The lowest BCUT2D eigenvalue weighted by Gasteiger charge is -2.15. The molecule has 0 saturated carbocycles. The molecular formula is C9H10Br. The highest BCUT2D eigenvalue weighted by molar-refractivity contribution is 9.09. The minimum Gasteiger partial charge on any atom is -0.0807 e. The van der Waals surface area contributed by atoms with Gasteiger partial charge >= 0.3 is 0 Å². The first-order valence-corrected chi connectivity index (χ1v) is 4.06. The normalized spacial score (nSPS) is 11.5. The molecule has 1 rings (SSSR count). The van der Waals surface area contributed by atoms with E-state index in [-0.39, 0.29) is 4.32 Å². The maximum atomic E-state index is 3.56. The van der Waals surface area contributed by atoms with Gasteiger partial charge in [0, 0.05) is 4.32 Å². The van der Waals surface area contributed by atoms with Crippen molar-refractivity contribution >= 4 is 15.9 Å². The lowest BCUT2D eigenvalue weighted by Crippen LogP contribution is -2.05. The van der Waals surface area contributed by atoms with E-state index in [9.17, 15) is 0 Å². The molecule has 0 heterocycles. The average Bonchev–Trinajstić information content (AvgIpc) is 1.88. The van der Waals surface area contributed by atoms with Crippen molar-refractivity contribution in [1.29, 1.82) is 0 Å². The van der Waals surface area contributed by atoms with Crippen LogP contribution < -0.4 is 0 Å². The van der Waals surface area contributed by atoms with Crippen LogP contribution in [0, 0.1) is 6.07 Å². The van der Waals surface area contributed by atoms with Gasteiger partial charge in [-0.05, 0) is 25.5 Å². The van der Waals surface area contributed by atoms with Gasteiger partial charge in [-0.1, -0.05) is 40.2 Å². The number of benzene rings is 1. The van der Waals surface area contributed by atoms with Crippen LogP contribution in [-0.2, 0) is 4.32 Å². The highest BCUT2D eigenvalue weighted by Gasteiger charge is 2.14. The van der Waals surface area contributed by atoms with Gasteiger partial charge in [-0.25, -0.2) is 0 Å². The van der Waals surface area contributed by atoms with E-state index in [2.05, 4.69) is 41.9 Å². The van der Waals surface area contributed by atoms with Gasteiger partial charge in [-0.2, -0.15) is 0 Å². The predicted molar refractivity (Wildman–Crippen MR) is 47.2 cm³/mol. The van der Waals surface area contributed by atoms with E-state index in [1.54, 1.807) is 0 Å². The molecule has 1 heteroatoms. The molecule has 1 aromatic carbocycles. The fourth-order valence-corrected chi connectivity index (χ4v) is 1.01. The first kappa shape index (κ1) is 7.80. The number of rotatable bonds is 1. The van der Waals surface area contributed by atoms with Gasteiger partial charge < -0.3 is 0 Å². The van der Waals surface area contributed by atoms with E-state index in [0.717, 1.165) is 0 Å². The third kappa shape index (κ3) is 1.84. The van der Waals surface area contributed by atoms with Crippen molar-refractivity contribution in [3.05, 3.63) is 35.9 Å². The monoisotopic (exact) mass is 197 g/mol. The Morgan fingerprint density at radius 3 is 2.40 bits per heavy atom. The second-order valence-corrected chi connectivity index (χ2v) is 4.73. The molecule has 0 unspecified atom stereocenters. The highest BCUT2D eigenvalue weighted by Crippen LogP contribution is 2.28. The lowest BCUT2D eigenvalue weighted by atomic mass is 10.0. The van der Waals surface area contributed by atoms with Crippen molar-refractivity contribution in [3.8, 4) is 0 Å². The van der Waals surface area contributed by atoms with Gasteiger partial charge in [0.2, 0.25) is 0 Å². The van der Waals surface area contributed by atoms with Gasteiger partial charge in [0.25, 0.3) is 0 Å². The minimum absolute atomic E-state index is 0.0499. The van der Waals surface area contributed by atoms with E-state index in [4.69, 9.17) is 0 Å². The number of hydrogen-bond acceptors (Lipinski definition) is 0. The second kappa shape index (κ2) is 2.75. The molecular weight excluding hydrogens is 188 g/mol. The van der Waals surface area contributed by atoms with E-state index in [1.165, 1.54) is 5.56 Å².